The number of nitrogens with zero attached hydrogens (tertiary/aromatic N) is 1. The predicted octanol–water partition coefficient (Wildman–Crippen LogP) is 2.15. The fraction of sp³-hybridized carbons (Fsp3) is 0.455. The second kappa shape index (κ2) is 5.37. The van der Waals surface area contributed by atoms with E-state index in [2.05, 4.69) is 4.74 Å². The molecule has 96 valence electrons. The molecule has 0 amide bonds. The highest BCUT2D eigenvalue weighted by Crippen LogP contribution is 2.25. The molecule has 17 heavy (non-hydrogen) atoms. The van der Waals surface area contributed by atoms with Crippen LogP contribution in [0, 0.1) is 0 Å². The van der Waals surface area contributed by atoms with E-state index in [0.29, 0.717) is 12.1 Å². The average Bonchev–Trinajstić information content (AvgIpc) is 2.14. The van der Waals surface area contributed by atoms with Crippen LogP contribution in [0.2, 0.25) is 0 Å². The highest BCUT2D eigenvalue weighted by Gasteiger charge is 2.31. The SMILES string of the molecule is CN(C)CC(N)c1cccc(OC(F)(F)F)c1. The summed E-state index contributed by atoms with van der Waals surface area (Å²) in [5, 5.41) is 0. The second-order valence-corrected chi connectivity index (χ2v) is 3.99. The monoisotopic (exact) mass is 248 g/mol. The molecule has 0 aromatic heterocycles. The van der Waals surface area contributed by atoms with Gasteiger partial charge >= 0.3 is 6.36 Å². The van der Waals surface area contributed by atoms with Gasteiger partial charge in [-0.2, -0.15) is 0 Å². The molecule has 1 rings (SSSR count). The lowest BCUT2D eigenvalue weighted by molar-refractivity contribution is -0.274. The molecule has 0 spiro atoms. The van der Waals surface area contributed by atoms with Crippen LogP contribution in [0.3, 0.4) is 0 Å². The lowest BCUT2D eigenvalue weighted by Crippen LogP contribution is -2.26. The van der Waals surface area contributed by atoms with Crippen molar-refractivity contribution < 1.29 is 17.9 Å². The van der Waals surface area contributed by atoms with Crippen molar-refractivity contribution in [2.75, 3.05) is 20.6 Å². The third-order valence-corrected chi connectivity index (χ3v) is 2.08. The summed E-state index contributed by atoms with van der Waals surface area (Å²) in [6.45, 7) is 0.551. The summed E-state index contributed by atoms with van der Waals surface area (Å²) in [4.78, 5) is 1.86. The van der Waals surface area contributed by atoms with Crippen molar-refractivity contribution in [3.8, 4) is 5.75 Å². The van der Waals surface area contributed by atoms with Crippen molar-refractivity contribution in [1.29, 1.82) is 0 Å². The van der Waals surface area contributed by atoms with Crippen LogP contribution in [-0.2, 0) is 0 Å². The Hall–Kier alpha value is -1.27. The van der Waals surface area contributed by atoms with Gasteiger partial charge in [-0.25, -0.2) is 0 Å². The molecule has 1 atom stereocenters. The van der Waals surface area contributed by atoms with Gasteiger partial charge in [-0.05, 0) is 31.8 Å². The molecular formula is C11H15F3N2O. The molecule has 1 unspecified atom stereocenters. The maximum Gasteiger partial charge on any atom is 0.573 e. The molecular weight excluding hydrogens is 233 g/mol. The third-order valence-electron chi connectivity index (χ3n) is 2.08. The van der Waals surface area contributed by atoms with Gasteiger partial charge in [0.2, 0.25) is 0 Å². The summed E-state index contributed by atoms with van der Waals surface area (Å²) >= 11 is 0. The van der Waals surface area contributed by atoms with E-state index in [0.717, 1.165) is 0 Å². The Morgan fingerprint density at radius 1 is 1.35 bits per heavy atom. The Balaban J connectivity index is 2.78. The number of likely N-dealkylation sites (N-methyl/N-ethyl adjacent to an activating group) is 1. The van der Waals surface area contributed by atoms with Crippen LogP contribution in [0.25, 0.3) is 0 Å². The zero-order valence-corrected chi connectivity index (χ0v) is 9.66. The Bertz CT molecular complexity index is 366. The largest absolute Gasteiger partial charge is 0.573 e. The van der Waals surface area contributed by atoms with Crippen molar-refractivity contribution in [2.24, 2.45) is 5.73 Å². The van der Waals surface area contributed by atoms with Crippen molar-refractivity contribution >= 4 is 0 Å². The first-order valence-electron chi connectivity index (χ1n) is 5.04. The molecule has 0 heterocycles. The lowest BCUT2D eigenvalue weighted by atomic mass is 10.1. The normalized spacial score (nSPS) is 13.8. The highest BCUT2D eigenvalue weighted by atomic mass is 19.4. The fourth-order valence-corrected chi connectivity index (χ4v) is 1.44. The van der Waals surface area contributed by atoms with Crippen LogP contribution in [0.5, 0.6) is 5.75 Å². The van der Waals surface area contributed by atoms with Crippen LogP contribution in [0.4, 0.5) is 13.2 Å². The Kier molecular flexibility index (Phi) is 4.36. The summed E-state index contributed by atoms with van der Waals surface area (Å²) < 4.78 is 39.9. The summed E-state index contributed by atoms with van der Waals surface area (Å²) in [7, 11) is 3.69. The zero-order valence-electron chi connectivity index (χ0n) is 9.66. The molecule has 2 N–H and O–H groups in total. The van der Waals surface area contributed by atoms with Gasteiger partial charge in [-0.1, -0.05) is 12.1 Å². The molecule has 0 aliphatic heterocycles. The molecule has 6 heteroatoms. The summed E-state index contributed by atoms with van der Waals surface area (Å²) in [6.07, 6.45) is -4.68. The van der Waals surface area contributed by atoms with Crippen molar-refractivity contribution in [1.82, 2.24) is 4.90 Å². The molecule has 0 aliphatic rings. The van der Waals surface area contributed by atoms with Crippen molar-refractivity contribution in [2.45, 2.75) is 12.4 Å². The van der Waals surface area contributed by atoms with Gasteiger partial charge in [0.15, 0.2) is 0 Å². The van der Waals surface area contributed by atoms with E-state index in [4.69, 9.17) is 5.73 Å². The second-order valence-electron chi connectivity index (χ2n) is 3.99. The maximum absolute atomic E-state index is 12.0. The van der Waals surface area contributed by atoms with Crippen LogP contribution >= 0.6 is 0 Å². The predicted molar refractivity (Wildman–Crippen MR) is 58.6 cm³/mol. The zero-order chi connectivity index (χ0) is 13.1. The maximum atomic E-state index is 12.0. The molecule has 1 aromatic carbocycles. The van der Waals surface area contributed by atoms with Gasteiger partial charge in [0, 0.05) is 12.6 Å². The minimum Gasteiger partial charge on any atom is -0.406 e. The lowest BCUT2D eigenvalue weighted by Gasteiger charge is -2.18. The molecule has 0 bridgehead atoms. The average molecular weight is 248 g/mol. The van der Waals surface area contributed by atoms with E-state index in [9.17, 15) is 13.2 Å². The van der Waals surface area contributed by atoms with Gasteiger partial charge in [0.25, 0.3) is 0 Å². The first-order valence-corrected chi connectivity index (χ1v) is 5.04. The van der Waals surface area contributed by atoms with E-state index in [1.54, 1.807) is 6.07 Å². The summed E-state index contributed by atoms with van der Waals surface area (Å²) in [5.74, 6) is -0.246. The van der Waals surface area contributed by atoms with Crippen LogP contribution < -0.4 is 10.5 Å². The van der Waals surface area contributed by atoms with Gasteiger partial charge in [0.05, 0.1) is 0 Å². The van der Waals surface area contributed by atoms with Crippen LogP contribution in [0.15, 0.2) is 24.3 Å². The van der Waals surface area contributed by atoms with E-state index >= 15 is 0 Å². The standard InChI is InChI=1S/C11H15F3N2O/c1-16(2)7-10(15)8-4-3-5-9(6-8)17-11(12,13)14/h3-6,10H,7,15H2,1-2H3. The minimum absolute atomic E-state index is 0.246. The first-order chi connectivity index (χ1) is 7.78. The topological polar surface area (TPSA) is 38.5 Å². The smallest absolute Gasteiger partial charge is 0.406 e. The number of ether oxygens (including phenoxy) is 1. The van der Waals surface area contributed by atoms with Crippen molar-refractivity contribution in [3.05, 3.63) is 29.8 Å². The van der Waals surface area contributed by atoms with Gasteiger partial charge in [0.1, 0.15) is 5.75 Å². The number of alkyl halides is 3. The van der Waals surface area contributed by atoms with E-state index in [1.807, 2.05) is 19.0 Å². The summed E-state index contributed by atoms with van der Waals surface area (Å²) in [5.41, 5.74) is 6.46. The van der Waals surface area contributed by atoms with Crippen LogP contribution in [-0.4, -0.2) is 31.9 Å². The Labute approximate surface area is 98.0 Å². The van der Waals surface area contributed by atoms with Gasteiger partial charge in [-0.15, -0.1) is 13.2 Å². The number of halogens is 3. The van der Waals surface area contributed by atoms with Crippen molar-refractivity contribution in [3.63, 3.8) is 0 Å². The molecule has 3 nitrogen and oxygen atoms in total. The molecule has 0 radical (unpaired) electrons. The minimum atomic E-state index is -4.68. The van der Waals surface area contributed by atoms with E-state index < -0.39 is 6.36 Å². The number of rotatable bonds is 4. The molecule has 1 aromatic rings. The molecule has 0 saturated heterocycles. The van der Waals surface area contributed by atoms with Crippen LogP contribution in [0.1, 0.15) is 11.6 Å². The molecule has 0 fully saturated rings. The number of hydrogen-bond acceptors (Lipinski definition) is 3. The molecule has 0 aliphatic carbocycles. The Morgan fingerprint density at radius 2 is 2.00 bits per heavy atom. The number of benzene rings is 1. The highest BCUT2D eigenvalue weighted by molar-refractivity contribution is 5.30. The summed E-state index contributed by atoms with van der Waals surface area (Å²) in [6, 6.07) is 5.38. The van der Waals surface area contributed by atoms with Gasteiger partial charge < -0.3 is 15.4 Å². The molecule has 0 saturated carbocycles. The van der Waals surface area contributed by atoms with E-state index in [1.165, 1.54) is 18.2 Å². The first kappa shape index (κ1) is 13.8. The quantitative estimate of drug-likeness (QED) is 0.887. The number of hydrogen-bond donors (Lipinski definition) is 1. The Morgan fingerprint density at radius 3 is 2.53 bits per heavy atom. The third kappa shape index (κ3) is 5.06. The van der Waals surface area contributed by atoms with Gasteiger partial charge in [-0.3, -0.25) is 0 Å². The number of nitrogens with two attached hydrogens (primary N) is 1. The van der Waals surface area contributed by atoms with E-state index in [-0.39, 0.29) is 11.8 Å². The fourth-order valence-electron chi connectivity index (χ4n) is 1.44.